The lowest BCUT2D eigenvalue weighted by atomic mass is 10.2. The quantitative estimate of drug-likeness (QED) is 0.386. The van der Waals surface area contributed by atoms with Gasteiger partial charge < -0.3 is 13.9 Å². The zero-order chi connectivity index (χ0) is 22.9. The van der Waals surface area contributed by atoms with Crippen LogP contribution >= 0.6 is 0 Å². The summed E-state index contributed by atoms with van der Waals surface area (Å²) >= 11 is 0. The summed E-state index contributed by atoms with van der Waals surface area (Å²) in [5, 5.41) is 4.00. The summed E-state index contributed by atoms with van der Waals surface area (Å²) in [5.74, 6) is -0.965. The number of nitrogens with zero attached hydrogens (tertiary/aromatic N) is 2. The van der Waals surface area contributed by atoms with Crippen molar-refractivity contribution in [2.75, 3.05) is 13.7 Å². The van der Waals surface area contributed by atoms with Crippen LogP contribution in [-0.2, 0) is 11.3 Å². The highest BCUT2D eigenvalue weighted by Gasteiger charge is 2.15. The molecular weight excluding hydrogens is 416 g/mol. The molecule has 168 valence electrons. The molecule has 0 spiro atoms. The van der Waals surface area contributed by atoms with E-state index in [0.717, 1.165) is 17.5 Å². The lowest BCUT2D eigenvalue weighted by molar-refractivity contribution is -0.122. The summed E-state index contributed by atoms with van der Waals surface area (Å²) in [6.45, 7) is 2.17. The molecule has 0 radical (unpaired) electrons. The van der Waals surface area contributed by atoms with Crippen molar-refractivity contribution >= 4 is 11.8 Å². The molecule has 3 aromatic rings. The van der Waals surface area contributed by atoms with E-state index in [2.05, 4.69) is 22.9 Å². The maximum absolute atomic E-state index is 12.4. The van der Waals surface area contributed by atoms with Crippen molar-refractivity contribution in [1.82, 2.24) is 20.6 Å². The van der Waals surface area contributed by atoms with Gasteiger partial charge in [0.05, 0.1) is 13.7 Å². The minimum absolute atomic E-state index is 0.0979. The number of ether oxygens (including phenoxy) is 2. The van der Waals surface area contributed by atoms with Crippen LogP contribution in [0.15, 0.2) is 57.7 Å². The highest BCUT2D eigenvalue weighted by atomic mass is 16.5. The second kappa shape index (κ2) is 10.8. The third-order valence-electron chi connectivity index (χ3n) is 4.42. The highest BCUT2D eigenvalue weighted by molar-refractivity contribution is 5.96. The molecule has 1 heterocycles. The molecule has 1 aromatic heterocycles. The number of carbonyl (C=O) groups is 2. The summed E-state index contributed by atoms with van der Waals surface area (Å²) in [6, 6.07) is 13.5. The molecule has 10 heteroatoms. The van der Waals surface area contributed by atoms with Gasteiger partial charge in [0.1, 0.15) is 6.54 Å². The van der Waals surface area contributed by atoms with Crippen LogP contribution < -0.4 is 26.1 Å². The molecule has 32 heavy (non-hydrogen) atoms. The molecule has 0 fully saturated rings. The maximum Gasteiger partial charge on any atom is 0.437 e. The van der Waals surface area contributed by atoms with Gasteiger partial charge in [-0.1, -0.05) is 31.5 Å². The molecule has 2 amide bonds. The van der Waals surface area contributed by atoms with Crippen LogP contribution in [0, 0.1) is 0 Å². The topological polar surface area (TPSA) is 125 Å². The number of unbranched alkanes of at least 4 members (excludes halogenated alkanes) is 1. The minimum atomic E-state index is -0.784. The lowest BCUT2D eigenvalue weighted by Crippen LogP contribution is -2.44. The van der Waals surface area contributed by atoms with Crippen LogP contribution in [0.25, 0.3) is 11.5 Å². The van der Waals surface area contributed by atoms with Crippen molar-refractivity contribution in [1.29, 1.82) is 0 Å². The first-order valence-corrected chi connectivity index (χ1v) is 10.0. The van der Waals surface area contributed by atoms with Crippen molar-refractivity contribution in [3.05, 3.63) is 64.6 Å². The number of amides is 2. The van der Waals surface area contributed by atoms with Gasteiger partial charge in [-0.3, -0.25) is 20.4 Å². The van der Waals surface area contributed by atoms with Crippen molar-refractivity contribution in [2.24, 2.45) is 0 Å². The Hall–Kier alpha value is -4.08. The number of methoxy groups -OCH3 is 1. The number of aromatic nitrogens is 2. The fourth-order valence-corrected chi connectivity index (χ4v) is 2.73. The normalized spacial score (nSPS) is 10.4. The number of nitrogens with one attached hydrogen (secondary N) is 2. The molecule has 0 atom stereocenters. The van der Waals surface area contributed by atoms with Crippen LogP contribution in [0.5, 0.6) is 11.5 Å². The Labute approximate surface area is 184 Å². The van der Waals surface area contributed by atoms with Gasteiger partial charge >= 0.3 is 5.76 Å². The Balaban J connectivity index is 1.57. The fourth-order valence-electron chi connectivity index (χ4n) is 2.73. The molecule has 0 saturated heterocycles. The largest absolute Gasteiger partial charge is 0.493 e. The van der Waals surface area contributed by atoms with E-state index in [1.54, 1.807) is 36.4 Å². The first kappa shape index (κ1) is 22.6. The van der Waals surface area contributed by atoms with E-state index >= 15 is 0 Å². The summed E-state index contributed by atoms with van der Waals surface area (Å²) < 4.78 is 16.9. The van der Waals surface area contributed by atoms with Gasteiger partial charge in [0.2, 0.25) is 5.89 Å². The predicted molar refractivity (Wildman–Crippen MR) is 115 cm³/mol. The molecule has 3 rings (SSSR count). The van der Waals surface area contributed by atoms with Gasteiger partial charge in [0.15, 0.2) is 11.5 Å². The van der Waals surface area contributed by atoms with E-state index in [0.29, 0.717) is 23.7 Å². The summed E-state index contributed by atoms with van der Waals surface area (Å²) in [5.41, 5.74) is 5.40. The second-order valence-electron chi connectivity index (χ2n) is 6.77. The molecule has 0 aliphatic rings. The van der Waals surface area contributed by atoms with Gasteiger partial charge in [-0.15, -0.1) is 5.10 Å². The highest BCUT2D eigenvalue weighted by Crippen LogP contribution is 2.28. The van der Waals surface area contributed by atoms with Crippen molar-refractivity contribution in [3.8, 4) is 23.0 Å². The van der Waals surface area contributed by atoms with Gasteiger partial charge in [-0.2, -0.15) is 4.68 Å². The Morgan fingerprint density at radius 1 is 1.09 bits per heavy atom. The van der Waals surface area contributed by atoms with Crippen LogP contribution in [0.3, 0.4) is 0 Å². The maximum atomic E-state index is 12.4. The Morgan fingerprint density at radius 3 is 2.59 bits per heavy atom. The van der Waals surface area contributed by atoms with Crippen LogP contribution in [0.2, 0.25) is 0 Å². The third kappa shape index (κ3) is 5.75. The number of hydrogen-bond acceptors (Lipinski definition) is 7. The zero-order valence-corrected chi connectivity index (χ0v) is 17.8. The molecule has 2 aromatic carbocycles. The number of hydrazine groups is 1. The first-order valence-electron chi connectivity index (χ1n) is 10.0. The summed E-state index contributed by atoms with van der Waals surface area (Å²) in [6.07, 6.45) is 1.90. The van der Waals surface area contributed by atoms with E-state index in [-0.39, 0.29) is 11.5 Å². The Morgan fingerprint density at radius 2 is 1.88 bits per heavy atom. The second-order valence-corrected chi connectivity index (χ2v) is 6.77. The Bertz CT molecular complexity index is 1120. The van der Waals surface area contributed by atoms with E-state index in [4.69, 9.17) is 13.9 Å². The number of carbonyl (C=O) groups excluding carboxylic acids is 2. The van der Waals surface area contributed by atoms with Crippen molar-refractivity contribution in [3.63, 3.8) is 0 Å². The van der Waals surface area contributed by atoms with Crippen LogP contribution in [0.1, 0.15) is 30.1 Å². The van der Waals surface area contributed by atoms with Gasteiger partial charge in [0.25, 0.3) is 11.8 Å². The standard InChI is InChI=1S/C22H24N4O6/c1-3-4-12-31-17-11-10-16(13-18(17)30-2)20(28)24-23-19(27)14-26-22(29)32-21(25-26)15-8-6-5-7-9-15/h5-11,13H,3-4,12,14H2,1-2H3,(H,23,27)(H,24,28). The van der Waals surface area contributed by atoms with Crippen LogP contribution in [0.4, 0.5) is 0 Å². The number of rotatable bonds is 9. The van der Waals surface area contributed by atoms with Crippen molar-refractivity contribution in [2.45, 2.75) is 26.3 Å². The molecule has 0 aliphatic carbocycles. The Kier molecular flexibility index (Phi) is 7.63. The first-order chi connectivity index (χ1) is 15.5. The van der Waals surface area contributed by atoms with E-state index in [1.165, 1.54) is 13.2 Å². The van der Waals surface area contributed by atoms with E-state index in [1.807, 2.05) is 6.07 Å². The smallest absolute Gasteiger partial charge is 0.437 e. The lowest BCUT2D eigenvalue weighted by Gasteiger charge is -2.12. The van der Waals surface area contributed by atoms with E-state index in [9.17, 15) is 14.4 Å². The summed E-state index contributed by atoms with van der Waals surface area (Å²) in [4.78, 5) is 36.5. The average molecular weight is 440 g/mol. The monoisotopic (exact) mass is 440 g/mol. The number of hydrogen-bond donors (Lipinski definition) is 2. The molecular formula is C22H24N4O6. The SMILES string of the molecule is CCCCOc1ccc(C(=O)NNC(=O)Cn2nc(-c3ccccc3)oc2=O)cc1OC. The van der Waals surface area contributed by atoms with Gasteiger partial charge in [0, 0.05) is 11.1 Å². The molecule has 2 N–H and O–H groups in total. The predicted octanol–water partition coefficient (Wildman–Crippen LogP) is 2.15. The minimum Gasteiger partial charge on any atom is -0.493 e. The molecule has 0 saturated carbocycles. The van der Waals surface area contributed by atoms with Crippen LogP contribution in [-0.4, -0.2) is 35.3 Å². The molecule has 0 unspecified atom stereocenters. The molecule has 10 nitrogen and oxygen atoms in total. The molecule has 0 bridgehead atoms. The zero-order valence-electron chi connectivity index (χ0n) is 17.8. The number of benzene rings is 2. The molecule has 0 aliphatic heterocycles. The van der Waals surface area contributed by atoms with Gasteiger partial charge in [-0.25, -0.2) is 4.79 Å². The van der Waals surface area contributed by atoms with E-state index < -0.39 is 24.1 Å². The average Bonchev–Trinajstić information content (AvgIpc) is 3.18. The van der Waals surface area contributed by atoms with Gasteiger partial charge in [-0.05, 0) is 36.8 Å². The van der Waals surface area contributed by atoms with Crippen molar-refractivity contribution < 1.29 is 23.5 Å². The third-order valence-corrected chi connectivity index (χ3v) is 4.42. The summed E-state index contributed by atoms with van der Waals surface area (Å²) in [7, 11) is 1.48. The fraction of sp³-hybridized carbons (Fsp3) is 0.273.